The molecular weight excluding hydrogens is 302 g/mol. The molecule has 0 aliphatic rings. The van der Waals surface area contributed by atoms with E-state index in [1.54, 1.807) is 0 Å². The van der Waals surface area contributed by atoms with Crippen molar-refractivity contribution in [2.24, 2.45) is 0 Å². The monoisotopic (exact) mass is 320 g/mol. The first-order chi connectivity index (χ1) is 10.9. The minimum atomic E-state index is -0.841. The fraction of sp³-hybridized carbons (Fsp3) is 0.235. The molecule has 0 saturated carbocycles. The average molecular weight is 320 g/mol. The van der Waals surface area contributed by atoms with Gasteiger partial charge in [-0.3, -0.25) is 0 Å². The summed E-state index contributed by atoms with van der Waals surface area (Å²) in [6.45, 7) is 5.75. The molecule has 0 aliphatic carbocycles. The summed E-state index contributed by atoms with van der Waals surface area (Å²) < 4.78 is 31.8. The second-order valence-corrected chi connectivity index (χ2v) is 5.20. The predicted octanol–water partition coefficient (Wildman–Crippen LogP) is 4.05. The van der Waals surface area contributed by atoms with E-state index in [4.69, 9.17) is 4.74 Å². The Morgan fingerprint density at radius 3 is 2.48 bits per heavy atom. The molecule has 122 valence electrons. The number of hydrogen-bond acceptors (Lipinski definition) is 2. The van der Waals surface area contributed by atoms with Crippen molar-refractivity contribution in [3.05, 3.63) is 58.7 Å². The topological polar surface area (TPSA) is 50.4 Å². The SMILES string of the molecule is Cc1ccc(C)c(OCNC(=O)Nc2ccc(F)cc2F)c1C. The van der Waals surface area contributed by atoms with Crippen molar-refractivity contribution in [3.63, 3.8) is 0 Å². The first-order valence-corrected chi connectivity index (χ1v) is 7.08. The van der Waals surface area contributed by atoms with E-state index in [0.717, 1.165) is 28.8 Å². The summed E-state index contributed by atoms with van der Waals surface area (Å²) in [7, 11) is 0. The molecule has 0 fully saturated rings. The van der Waals surface area contributed by atoms with Crippen LogP contribution in [0.4, 0.5) is 19.3 Å². The Balaban J connectivity index is 1.92. The number of halogens is 2. The third kappa shape index (κ3) is 4.18. The molecule has 0 aliphatic heterocycles. The third-order valence-electron chi connectivity index (χ3n) is 3.50. The first-order valence-electron chi connectivity index (χ1n) is 7.08. The smallest absolute Gasteiger partial charge is 0.321 e. The highest BCUT2D eigenvalue weighted by Gasteiger charge is 2.09. The van der Waals surface area contributed by atoms with E-state index in [2.05, 4.69) is 10.6 Å². The van der Waals surface area contributed by atoms with Gasteiger partial charge in [0.2, 0.25) is 0 Å². The van der Waals surface area contributed by atoms with Crippen molar-refractivity contribution in [1.82, 2.24) is 5.32 Å². The summed E-state index contributed by atoms with van der Waals surface area (Å²) in [6.07, 6.45) is 0. The molecule has 2 aromatic rings. The van der Waals surface area contributed by atoms with Gasteiger partial charge in [-0.1, -0.05) is 12.1 Å². The lowest BCUT2D eigenvalue weighted by molar-refractivity contribution is 0.234. The van der Waals surface area contributed by atoms with Gasteiger partial charge in [0.05, 0.1) is 5.69 Å². The van der Waals surface area contributed by atoms with Gasteiger partial charge in [0.1, 0.15) is 17.4 Å². The number of hydrogen-bond donors (Lipinski definition) is 2. The zero-order chi connectivity index (χ0) is 17.0. The van der Waals surface area contributed by atoms with Gasteiger partial charge in [0, 0.05) is 6.07 Å². The number of carbonyl (C=O) groups excluding carboxylic acids is 1. The molecule has 0 bridgehead atoms. The summed E-state index contributed by atoms with van der Waals surface area (Å²) in [6, 6.07) is 6.21. The zero-order valence-corrected chi connectivity index (χ0v) is 13.2. The Labute approximate surface area is 133 Å². The Morgan fingerprint density at radius 1 is 1.09 bits per heavy atom. The summed E-state index contributed by atoms with van der Waals surface area (Å²) >= 11 is 0. The molecule has 0 saturated heterocycles. The van der Waals surface area contributed by atoms with E-state index >= 15 is 0 Å². The Bertz CT molecular complexity index is 733. The van der Waals surface area contributed by atoms with Crippen LogP contribution in [0.3, 0.4) is 0 Å². The van der Waals surface area contributed by atoms with Crippen molar-refractivity contribution < 1.29 is 18.3 Å². The zero-order valence-electron chi connectivity index (χ0n) is 13.2. The molecule has 6 heteroatoms. The van der Waals surface area contributed by atoms with Gasteiger partial charge >= 0.3 is 6.03 Å². The number of amides is 2. The molecule has 23 heavy (non-hydrogen) atoms. The maximum Gasteiger partial charge on any atom is 0.321 e. The van der Waals surface area contributed by atoms with Crippen molar-refractivity contribution in [2.75, 3.05) is 12.0 Å². The maximum absolute atomic E-state index is 13.4. The van der Waals surface area contributed by atoms with Crippen LogP contribution in [0.2, 0.25) is 0 Å². The largest absolute Gasteiger partial charge is 0.473 e. The molecular formula is C17H18F2N2O2. The van der Waals surface area contributed by atoms with Crippen molar-refractivity contribution in [2.45, 2.75) is 20.8 Å². The Hall–Kier alpha value is -2.63. The molecule has 2 aromatic carbocycles. The molecule has 2 N–H and O–H groups in total. The summed E-state index contributed by atoms with van der Waals surface area (Å²) in [4.78, 5) is 11.7. The van der Waals surface area contributed by atoms with E-state index in [1.807, 2.05) is 32.9 Å². The molecule has 2 amide bonds. The summed E-state index contributed by atoms with van der Waals surface area (Å²) in [5.74, 6) is -0.841. The predicted molar refractivity (Wildman–Crippen MR) is 84.7 cm³/mol. The molecule has 0 radical (unpaired) electrons. The van der Waals surface area contributed by atoms with Crippen LogP contribution in [-0.4, -0.2) is 12.8 Å². The van der Waals surface area contributed by atoms with Crippen LogP contribution < -0.4 is 15.4 Å². The normalized spacial score (nSPS) is 10.3. The first kappa shape index (κ1) is 16.7. The Kier molecular flexibility index (Phi) is 5.16. The van der Waals surface area contributed by atoms with Crippen LogP contribution in [0.15, 0.2) is 30.3 Å². The van der Waals surface area contributed by atoms with E-state index in [9.17, 15) is 13.6 Å². The lowest BCUT2D eigenvalue weighted by Crippen LogP contribution is -2.32. The molecule has 0 aromatic heterocycles. The number of urea groups is 1. The average Bonchev–Trinajstić information content (AvgIpc) is 2.49. The molecule has 0 atom stereocenters. The van der Waals surface area contributed by atoms with Gasteiger partial charge in [-0.25, -0.2) is 13.6 Å². The van der Waals surface area contributed by atoms with Crippen LogP contribution in [0, 0.1) is 32.4 Å². The second-order valence-electron chi connectivity index (χ2n) is 5.20. The van der Waals surface area contributed by atoms with Gasteiger partial charge in [0.15, 0.2) is 6.73 Å². The quantitative estimate of drug-likeness (QED) is 0.835. The highest BCUT2D eigenvalue weighted by atomic mass is 19.1. The van der Waals surface area contributed by atoms with Crippen LogP contribution in [0.5, 0.6) is 5.75 Å². The maximum atomic E-state index is 13.4. The number of anilines is 1. The minimum Gasteiger partial charge on any atom is -0.473 e. The van der Waals surface area contributed by atoms with Gasteiger partial charge in [-0.15, -0.1) is 0 Å². The molecule has 0 heterocycles. The Morgan fingerprint density at radius 2 is 1.78 bits per heavy atom. The lowest BCUT2D eigenvalue weighted by atomic mass is 10.1. The number of nitrogens with one attached hydrogen (secondary N) is 2. The van der Waals surface area contributed by atoms with Gasteiger partial charge in [-0.2, -0.15) is 0 Å². The second kappa shape index (κ2) is 7.09. The minimum absolute atomic E-state index is 0.0697. The molecule has 0 unspecified atom stereocenters. The highest BCUT2D eigenvalue weighted by molar-refractivity contribution is 5.89. The van der Waals surface area contributed by atoms with Gasteiger partial charge < -0.3 is 15.4 Å². The number of rotatable bonds is 4. The number of aryl methyl sites for hydroxylation is 2. The van der Waals surface area contributed by atoms with Crippen LogP contribution in [-0.2, 0) is 0 Å². The number of benzene rings is 2. The molecule has 4 nitrogen and oxygen atoms in total. The molecule has 0 spiro atoms. The third-order valence-corrected chi connectivity index (χ3v) is 3.50. The standard InChI is InChI=1S/C17H18F2N2O2/c1-10-4-5-11(2)16(12(10)3)23-9-20-17(22)21-15-7-6-13(18)8-14(15)19/h4-8H,9H2,1-3H3,(H2,20,21,22). The van der Waals surface area contributed by atoms with Crippen molar-refractivity contribution in [1.29, 1.82) is 0 Å². The van der Waals surface area contributed by atoms with Gasteiger partial charge in [-0.05, 0) is 49.6 Å². The molecule has 2 rings (SSSR count). The van der Waals surface area contributed by atoms with Crippen LogP contribution >= 0.6 is 0 Å². The number of carbonyl (C=O) groups is 1. The van der Waals surface area contributed by atoms with Crippen LogP contribution in [0.25, 0.3) is 0 Å². The van der Waals surface area contributed by atoms with Crippen molar-refractivity contribution in [3.8, 4) is 5.75 Å². The van der Waals surface area contributed by atoms with E-state index < -0.39 is 17.7 Å². The summed E-state index contributed by atoms with van der Waals surface area (Å²) in [5, 5.41) is 4.76. The fourth-order valence-corrected chi connectivity index (χ4v) is 2.08. The van der Waals surface area contributed by atoms with E-state index in [0.29, 0.717) is 11.8 Å². The van der Waals surface area contributed by atoms with Gasteiger partial charge in [0.25, 0.3) is 0 Å². The van der Waals surface area contributed by atoms with Crippen molar-refractivity contribution >= 4 is 11.7 Å². The van der Waals surface area contributed by atoms with Crippen LogP contribution in [0.1, 0.15) is 16.7 Å². The summed E-state index contributed by atoms with van der Waals surface area (Å²) in [5.41, 5.74) is 2.94. The fourth-order valence-electron chi connectivity index (χ4n) is 2.08. The van der Waals surface area contributed by atoms with E-state index in [1.165, 1.54) is 0 Å². The lowest BCUT2D eigenvalue weighted by Gasteiger charge is -2.15. The number of ether oxygens (including phenoxy) is 1. The highest BCUT2D eigenvalue weighted by Crippen LogP contribution is 2.25. The van der Waals surface area contributed by atoms with E-state index in [-0.39, 0.29) is 12.4 Å².